The van der Waals surface area contributed by atoms with E-state index in [0.717, 1.165) is 29.7 Å². The molecule has 8 nitrogen and oxygen atoms in total. The van der Waals surface area contributed by atoms with E-state index in [2.05, 4.69) is 15.6 Å². The summed E-state index contributed by atoms with van der Waals surface area (Å²) in [6, 6.07) is 14.1. The van der Waals surface area contributed by atoms with Crippen molar-refractivity contribution in [2.75, 3.05) is 18.4 Å². The fourth-order valence-corrected chi connectivity index (χ4v) is 4.51. The van der Waals surface area contributed by atoms with E-state index in [9.17, 15) is 14.4 Å². The number of carbonyl (C=O) groups excluding carboxylic acids is 3. The minimum atomic E-state index is -0.730. The summed E-state index contributed by atoms with van der Waals surface area (Å²) in [4.78, 5) is 47.7. The number of para-hydroxylation sites is 3. The molecule has 0 saturated carbocycles. The number of anilines is 1. The lowest BCUT2D eigenvalue weighted by atomic mass is 9.95. The summed E-state index contributed by atoms with van der Waals surface area (Å²) in [6.07, 6.45) is 2.18. The van der Waals surface area contributed by atoms with E-state index in [0.29, 0.717) is 30.3 Å². The summed E-state index contributed by atoms with van der Waals surface area (Å²) in [6.45, 7) is 1.32. The average Bonchev–Trinajstić information content (AvgIpc) is 3.21. The average molecular weight is 431 g/mol. The Morgan fingerprint density at radius 1 is 1.03 bits per heavy atom. The quantitative estimate of drug-likeness (QED) is 0.590. The minimum absolute atomic E-state index is 0.0110. The number of piperidine rings is 1. The Kier molecular flexibility index (Phi) is 5.34. The van der Waals surface area contributed by atoms with Gasteiger partial charge in [-0.2, -0.15) is 0 Å². The molecule has 3 heterocycles. The number of carbonyl (C=O) groups is 3. The van der Waals surface area contributed by atoms with Crippen LogP contribution in [0.2, 0.25) is 0 Å². The topological polar surface area (TPSA) is 107 Å². The SMILES string of the molecule is O=C1NC(CCC(=O)N2CCC(c3nc4ccccc4[nH]3)CC2)C(=O)Nc2ccccc21. The van der Waals surface area contributed by atoms with Crippen LogP contribution in [0.15, 0.2) is 48.5 Å². The third-order valence-corrected chi connectivity index (χ3v) is 6.34. The van der Waals surface area contributed by atoms with Crippen molar-refractivity contribution in [3.05, 3.63) is 59.9 Å². The Labute approximate surface area is 185 Å². The summed E-state index contributed by atoms with van der Waals surface area (Å²) < 4.78 is 0. The molecule has 3 N–H and O–H groups in total. The number of hydrogen-bond donors (Lipinski definition) is 3. The van der Waals surface area contributed by atoms with Crippen LogP contribution in [0.5, 0.6) is 0 Å². The van der Waals surface area contributed by atoms with Gasteiger partial charge in [0.25, 0.3) is 5.91 Å². The lowest BCUT2D eigenvalue weighted by Gasteiger charge is -2.31. The van der Waals surface area contributed by atoms with Crippen molar-refractivity contribution in [2.24, 2.45) is 0 Å². The van der Waals surface area contributed by atoms with Crippen LogP contribution in [-0.4, -0.2) is 51.7 Å². The molecule has 164 valence electrons. The van der Waals surface area contributed by atoms with Gasteiger partial charge in [-0.05, 0) is 43.5 Å². The van der Waals surface area contributed by atoms with E-state index < -0.39 is 6.04 Å². The highest BCUT2D eigenvalue weighted by Gasteiger charge is 2.30. The number of benzene rings is 2. The Morgan fingerprint density at radius 3 is 2.59 bits per heavy atom. The number of aromatic amines is 1. The van der Waals surface area contributed by atoms with Crippen molar-refractivity contribution in [1.82, 2.24) is 20.2 Å². The Morgan fingerprint density at radius 2 is 1.78 bits per heavy atom. The molecule has 3 aromatic rings. The largest absolute Gasteiger partial charge is 0.343 e. The number of nitrogens with one attached hydrogen (secondary N) is 3. The zero-order valence-corrected chi connectivity index (χ0v) is 17.6. The van der Waals surface area contributed by atoms with Gasteiger partial charge in [0, 0.05) is 25.4 Å². The maximum Gasteiger partial charge on any atom is 0.254 e. The number of nitrogens with zero attached hydrogens (tertiary/aromatic N) is 2. The van der Waals surface area contributed by atoms with Crippen molar-refractivity contribution in [3.8, 4) is 0 Å². The number of H-pyrrole nitrogens is 1. The molecule has 0 radical (unpaired) electrons. The molecule has 0 aliphatic carbocycles. The highest BCUT2D eigenvalue weighted by Crippen LogP contribution is 2.28. The lowest BCUT2D eigenvalue weighted by molar-refractivity contribution is -0.132. The molecule has 1 saturated heterocycles. The van der Waals surface area contributed by atoms with Crippen molar-refractivity contribution in [1.29, 1.82) is 0 Å². The molecule has 1 unspecified atom stereocenters. The normalized spacial score (nSPS) is 19.2. The first-order valence-electron chi connectivity index (χ1n) is 11.0. The fourth-order valence-electron chi connectivity index (χ4n) is 4.51. The number of rotatable bonds is 4. The summed E-state index contributed by atoms with van der Waals surface area (Å²) in [7, 11) is 0. The molecular formula is C24H25N5O3. The molecule has 32 heavy (non-hydrogen) atoms. The molecule has 5 rings (SSSR count). The number of aromatic nitrogens is 2. The first-order valence-corrected chi connectivity index (χ1v) is 11.0. The van der Waals surface area contributed by atoms with Gasteiger partial charge < -0.3 is 20.5 Å². The van der Waals surface area contributed by atoms with Crippen LogP contribution >= 0.6 is 0 Å². The number of likely N-dealkylation sites (tertiary alicyclic amines) is 1. The van der Waals surface area contributed by atoms with Crippen LogP contribution < -0.4 is 10.6 Å². The molecule has 1 atom stereocenters. The lowest BCUT2D eigenvalue weighted by Crippen LogP contribution is -2.43. The van der Waals surface area contributed by atoms with E-state index in [1.807, 2.05) is 29.2 Å². The third kappa shape index (κ3) is 3.95. The second-order valence-corrected chi connectivity index (χ2v) is 8.39. The second kappa shape index (κ2) is 8.45. The maximum atomic E-state index is 12.8. The molecule has 2 aliphatic heterocycles. The molecule has 8 heteroatoms. The van der Waals surface area contributed by atoms with Crippen molar-refractivity contribution < 1.29 is 14.4 Å². The molecule has 2 aliphatic rings. The summed E-state index contributed by atoms with van der Waals surface area (Å²) in [5, 5.41) is 5.53. The highest BCUT2D eigenvalue weighted by molar-refractivity contribution is 6.09. The van der Waals surface area contributed by atoms with Crippen molar-refractivity contribution in [2.45, 2.75) is 37.6 Å². The van der Waals surface area contributed by atoms with E-state index in [4.69, 9.17) is 4.98 Å². The Bertz CT molecular complexity index is 1150. The summed E-state index contributed by atoms with van der Waals surface area (Å²) >= 11 is 0. The van der Waals surface area contributed by atoms with Crippen LogP contribution in [0.1, 0.15) is 47.8 Å². The molecule has 0 bridgehead atoms. The smallest absolute Gasteiger partial charge is 0.254 e. The summed E-state index contributed by atoms with van der Waals surface area (Å²) in [5.74, 6) is 0.701. The van der Waals surface area contributed by atoms with Crippen LogP contribution in [0.4, 0.5) is 5.69 Å². The van der Waals surface area contributed by atoms with Crippen LogP contribution in [0.3, 0.4) is 0 Å². The van der Waals surface area contributed by atoms with Crippen LogP contribution in [-0.2, 0) is 9.59 Å². The number of hydrogen-bond acceptors (Lipinski definition) is 4. The van der Waals surface area contributed by atoms with Gasteiger partial charge in [-0.15, -0.1) is 0 Å². The second-order valence-electron chi connectivity index (χ2n) is 8.39. The van der Waals surface area contributed by atoms with Gasteiger partial charge in [0.05, 0.1) is 22.3 Å². The number of imidazole rings is 1. The monoisotopic (exact) mass is 431 g/mol. The van der Waals surface area contributed by atoms with Gasteiger partial charge in [0.2, 0.25) is 11.8 Å². The molecular weight excluding hydrogens is 406 g/mol. The highest BCUT2D eigenvalue weighted by atomic mass is 16.2. The predicted molar refractivity (Wildman–Crippen MR) is 120 cm³/mol. The van der Waals surface area contributed by atoms with Gasteiger partial charge in [0.15, 0.2) is 0 Å². The molecule has 0 spiro atoms. The number of amides is 3. The van der Waals surface area contributed by atoms with Crippen molar-refractivity contribution in [3.63, 3.8) is 0 Å². The zero-order chi connectivity index (χ0) is 22.1. The third-order valence-electron chi connectivity index (χ3n) is 6.34. The van der Waals surface area contributed by atoms with Gasteiger partial charge in [-0.1, -0.05) is 24.3 Å². The van der Waals surface area contributed by atoms with Crippen LogP contribution in [0, 0.1) is 0 Å². The van der Waals surface area contributed by atoms with Crippen molar-refractivity contribution >= 4 is 34.4 Å². The molecule has 1 fully saturated rings. The first kappa shape index (κ1) is 20.2. The minimum Gasteiger partial charge on any atom is -0.343 e. The number of fused-ring (bicyclic) bond motifs is 2. The molecule has 1 aromatic heterocycles. The van der Waals surface area contributed by atoms with E-state index in [1.54, 1.807) is 24.3 Å². The standard InChI is InChI=1S/C24H25N5O3/c30-21(10-9-20-24(32)27-17-6-2-1-5-16(17)23(31)28-20)29-13-11-15(12-14-29)22-25-18-7-3-4-8-19(18)26-22/h1-8,15,20H,9-14H2,(H,25,26)(H,27,32)(H,28,31). The van der Waals surface area contributed by atoms with Gasteiger partial charge in [-0.3, -0.25) is 14.4 Å². The van der Waals surface area contributed by atoms with E-state index >= 15 is 0 Å². The van der Waals surface area contributed by atoms with E-state index in [1.165, 1.54) is 0 Å². The van der Waals surface area contributed by atoms with Gasteiger partial charge >= 0.3 is 0 Å². The van der Waals surface area contributed by atoms with Gasteiger partial charge in [-0.25, -0.2) is 4.98 Å². The maximum absolute atomic E-state index is 12.8. The van der Waals surface area contributed by atoms with Gasteiger partial charge in [0.1, 0.15) is 11.9 Å². The molecule has 3 amide bonds. The zero-order valence-electron chi connectivity index (χ0n) is 17.6. The fraction of sp³-hybridized carbons (Fsp3) is 0.333. The Balaban J connectivity index is 1.15. The molecule has 2 aromatic carbocycles. The van der Waals surface area contributed by atoms with Crippen LogP contribution in [0.25, 0.3) is 11.0 Å². The first-order chi connectivity index (χ1) is 15.6. The predicted octanol–water partition coefficient (Wildman–Crippen LogP) is 2.80. The summed E-state index contributed by atoms with van der Waals surface area (Å²) in [5.41, 5.74) is 2.93. The Hall–Kier alpha value is -3.68. The van der Waals surface area contributed by atoms with E-state index in [-0.39, 0.29) is 30.6 Å².